The van der Waals surface area contributed by atoms with E-state index < -0.39 is 0 Å². The second-order valence-corrected chi connectivity index (χ2v) is 5.39. The fraction of sp³-hybridized carbons (Fsp3) is 0.471. The SMILES string of the molecule is CCCCCN(CCO)C(=O)c1cccc2c1ccn2C. The molecular formula is C17H24N2O2. The Morgan fingerprint density at radius 2 is 2.05 bits per heavy atom. The molecule has 0 fully saturated rings. The topological polar surface area (TPSA) is 45.5 Å². The minimum absolute atomic E-state index is 0.00261. The molecule has 1 N–H and O–H groups in total. The zero-order chi connectivity index (χ0) is 15.2. The first-order valence-electron chi connectivity index (χ1n) is 7.63. The van der Waals surface area contributed by atoms with Crippen LogP contribution in [0, 0.1) is 0 Å². The summed E-state index contributed by atoms with van der Waals surface area (Å²) in [5, 5.41) is 10.2. The molecule has 2 aromatic rings. The van der Waals surface area contributed by atoms with Crippen LogP contribution in [0.25, 0.3) is 10.9 Å². The summed E-state index contributed by atoms with van der Waals surface area (Å²) in [5.74, 6) is 0.0111. The van der Waals surface area contributed by atoms with Gasteiger partial charge >= 0.3 is 0 Å². The zero-order valence-corrected chi connectivity index (χ0v) is 12.9. The van der Waals surface area contributed by atoms with Crippen molar-refractivity contribution in [2.75, 3.05) is 19.7 Å². The Morgan fingerprint density at radius 1 is 1.24 bits per heavy atom. The summed E-state index contributed by atoms with van der Waals surface area (Å²) in [7, 11) is 1.98. The molecule has 1 amide bonds. The molecule has 0 unspecified atom stereocenters. The first kappa shape index (κ1) is 15.6. The van der Waals surface area contributed by atoms with E-state index in [1.807, 2.05) is 42.1 Å². The molecular weight excluding hydrogens is 264 g/mol. The highest BCUT2D eigenvalue weighted by atomic mass is 16.3. The molecule has 0 saturated carbocycles. The van der Waals surface area contributed by atoms with Crippen LogP contribution in [0.1, 0.15) is 36.5 Å². The van der Waals surface area contributed by atoms with E-state index in [0.717, 1.165) is 35.7 Å². The Hall–Kier alpha value is -1.81. The molecule has 0 bridgehead atoms. The number of aliphatic hydroxyl groups excluding tert-OH is 1. The third kappa shape index (κ3) is 3.45. The second-order valence-electron chi connectivity index (χ2n) is 5.39. The third-order valence-electron chi connectivity index (χ3n) is 3.85. The Morgan fingerprint density at radius 3 is 2.76 bits per heavy atom. The zero-order valence-electron chi connectivity index (χ0n) is 12.9. The molecule has 0 atom stereocenters. The standard InChI is InChI=1S/C17H24N2O2/c1-3-4-5-10-19(12-13-20)17(21)15-7-6-8-16-14(15)9-11-18(16)2/h6-9,11,20H,3-5,10,12-13H2,1-2H3. The second kappa shape index (κ2) is 7.27. The van der Waals surface area contributed by atoms with Gasteiger partial charge < -0.3 is 14.6 Å². The van der Waals surface area contributed by atoms with E-state index >= 15 is 0 Å². The van der Waals surface area contributed by atoms with Gasteiger partial charge in [0.1, 0.15) is 0 Å². The van der Waals surface area contributed by atoms with E-state index in [2.05, 4.69) is 6.92 Å². The highest BCUT2D eigenvalue weighted by molar-refractivity contribution is 6.06. The molecule has 21 heavy (non-hydrogen) atoms. The first-order valence-corrected chi connectivity index (χ1v) is 7.63. The van der Waals surface area contributed by atoms with Crippen LogP contribution in [0.4, 0.5) is 0 Å². The van der Waals surface area contributed by atoms with E-state index in [1.165, 1.54) is 0 Å². The van der Waals surface area contributed by atoms with E-state index in [9.17, 15) is 9.90 Å². The Kier molecular flexibility index (Phi) is 5.39. The van der Waals surface area contributed by atoms with E-state index in [4.69, 9.17) is 0 Å². The molecule has 2 rings (SSSR count). The van der Waals surface area contributed by atoms with Gasteiger partial charge in [-0.15, -0.1) is 0 Å². The van der Waals surface area contributed by atoms with E-state index in [1.54, 1.807) is 4.90 Å². The number of aryl methyl sites for hydroxylation is 1. The number of carbonyl (C=O) groups excluding carboxylic acids is 1. The number of hydrogen-bond donors (Lipinski definition) is 1. The minimum atomic E-state index is 0.00261. The normalized spacial score (nSPS) is 11.0. The maximum Gasteiger partial charge on any atom is 0.254 e. The van der Waals surface area contributed by atoms with Crippen molar-refractivity contribution in [2.24, 2.45) is 7.05 Å². The molecule has 4 heteroatoms. The molecule has 0 radical (unpaired) electrons. The van der Waals surface area contributed by atoms with Gasteiger partial charge in [-0.1, -0.05) is 25.8 Å². The number of unbranched alkanes of at least 4 members (excludes halogenated alkanes) is 2. The summed E-state index contributed by atoms with van der Waals surface area (Å²) in [6.07, 6.45) is 5.17. The fourth-order valence-electron chi connectivity index (χ4n) is 2.65. The van der Waals surface area contributed by atoms with Crippen molar-refractivity contribution in [2.45, 2.75) is 26.2 Å². The lowest BCUT2D eigenvalue weighted by Crippen LogP contribution is -2.34. The number of aromatic nitrogens is 1. The van der Waals surface area contributed by atoms with E-state index in [-0.39, 0.29) is 12.5 Å². The number of rotatable bonds is 7. The summed E-state index contributed by atoms with van der Waals surface area (Å²) in [4.78, 5) is 14.5. The largest absolute Gasteiger partial charge is 0.395 e. The van der Waals surface area contributed by atoms with Crippen molar-refractivity contribution >= 4 is 16.8 Å². The van der Waals surface area contributed by atoms with Gasteiger partial charge in [-0.2, -0.15) is 0 Å². The summed E-state index contributed by atoms with van der Waals surface area (Å²) in [6, 6.07) is 7.78. The van der Waals surface area contributed by atoms with Crippen molar-refractivity contribution in [3.63, 3.8) is 0 Å². The average molecular weight is 288 g/mol. The van der Waals surface area contributed by atoms with Crippen molar-refractivity contribution < 1.29 is 9.90 Å². The predicted octanol–water partition coefficient (Wildman–Crippen LogP) is 2.80. The number of hydrogen-bond acceptors (Lipinski definition) is 2. The van der Waals surface area contributed by atoms with Gasteiger partial charge in [0.25, 0.3) is 5.91 Å². The number of amides is 1. The van der Waals surface area contributed by atoms with Gasteiger partial charge in [0.05, 0.1) is 6.61 Å². The smallest absolute Gasteiger partial charge is 0.254 e. The van der Waals surface area contributed by atoms with Crippen LogP contribution in [0.15, 0.2) is 30.5 Å². The lowest BCUT2D eigenvalue weighted by Gasteiger charge is -2.22. The van der Waals surface area contributed by atoms with Crippen LogP contribution < -0.4 is 0 Å². The molecule has 1 aromatic heterocycles. The van der Waals surface area contributed by atoms with Crippen molar-refractivity contribution in [3.05, 3.63) is 36.0 Å². The number of nitrogens with zero attached hydrogens (tertiary/aromatic N) is 2. The predicted molar refractivity (Wildman–Crippen MR) is 85.4 cm³/mol. The Balaban J connectivity index is 2.25. The average Bonchev–Trinajstić information content (AvgIpc) is 2.87. The van der Waals surface area contributed by atoms with Crippen LogP contribution in [-0.4, -0.2) is 40.2 Å². The third-order valence-corrected chi connectivity index (χ3v) is 3.85. The van der Waals surface area contributed by atoms with Gasteiger partial charge in [-0.3, -0.25) is 4.79 Å². The van der Waals surface area contributed by atoms with Crippen LogP contribution in [-0.2, 0) is 7.05 Å². The highest BCUT2D eigenvalue weighted by Gasteiger charge is 2.18. The summed E-state index contributed by atoms with van der Waals surface area (Å²) < 4.78 is 2.01. The van der Waals surface area contributed by atoms with Gasteiger partial charge in [0.15, 0.2) is 0 Å². The van der Waals surface area contributed by atoms with Gasteiger partial charge in [-0.25, -0.2) is 0 Å². The number of benzene rings is 1. The van der Waals surface area contributed by atoms with Crippen molar-refractivity contribution in [3.8, 4) is 0 Å². The summed E-state index contributed by atoms with van der Waals surface area (Å²) >= 11 is 0. The Labute approximate surface area is 126 Å². The van der Waals surface area contributed by atoms with Gasteiger partial charge in [-0.05, 0) is 24.6 Å². The highest BCUT2D eigenvalue weighted by Crippen LogP contribution is 2.21. The summed E-state index contributed by atoms with van der Waals surface area (Å²) in [6.45, 7) is 3.24. The minimum Gasteiger partial charge on any atom is -0.395 e. The first-order chi connectivity index (χ1) is 10.2. The summed E-state index contributed by atoms with van der Waals surface area (Å²) in [5.41, 5.74) is 1.77. The number of carbonyl (C=O) groups is 1. The molecule has 0 saturated heterocycles. The Bertz CT molecular complexity index is 604. The molecule has 4 nitrogen and oxygen atoms in total. The van der Waals surface area contributed by atoms with Gasteiger partial charge in [0, 0.05) is 42.8 Å². The quantitative estimate of drug-likeness (QED) is 0.796. The van der Waals surface area contributed by atoms with E-state index in [0.29, 0.717) is 13.1 Å². The van der Waals surface area contributed by atoms with Crippen molar-refractivity contribution in [1.82, 2.24) is 9.47 Å². The molecule has 0 aliphatic rings. The van der Waals surface area contributed by atoms with Crippen LogP contribution >= 0.6 is 0 Å². The molecule has 1 heterocycles. The lowest BCUT2D eigenvalue weighted by molar-refractivity contribution is 0.0720. The number of aliphatic hydroxyl groups is 1. The maximum absolute atomic E-state index is 12.8. The monoisotopic (exact) mass is 288 g/mol. The molecule has 1 aromatic carbocycles. The molecule has 114 valence electrons. The number of fused-ring (bicyclic) bond motifs is 1. The molecule has 0 aliphatic carbocycles. The van der Waals surface area contributed by atoms with Crippen LogP contribution in [0.5, 0.6) is 0 Å². The van der Waals surface area contributed by atoms with Crippen LogP contribution in [0.2, 0.25) is 0 Å². The molecule has 0 spiro atoms. The maximum atomic E-state index is 12.8. The molecule has 0 aliphatic heterocycles. The fourth-order valence-corrected chi connectivity index (χ4v) is 2.65. The van der Waals surface area contributed by atoms with Crippen molar-refractivity contribution in [1.29, 1.82) is 0 Å². The van der Waals surface area contributed by atoms with Crippen LogP contribution in [0.3, 0.4) is 0 Å². The lowest BCUT2D eigenvalue weighted by atomic mass is 10.1. The van der Waals surface area contributed by atoms with Gasteiger partial charge in [0.2, 0.25) is 0 Å².